The van der Waals surface area contributed by atoms with E-state index in [1.165, 1.54) is 4.90 Å². The smallest absolute Gasteiger partial charge is 0.253 e. The molecule has 6 nitrogen and oxygen atoms in total. The quantitative estimate of drug-likeness (QED) is 0.781. The molecule has 2 aromatic rings. The lowest BCUT2D eigenvalue weighted by atomic mass is 9.90. The standard InChI is InChI=1S/C19H18N4O2/c24-18-15-16(13-7-9-20-10-8-13)21-11-4-12-22(21)17(15)19(25)23(18)14-5-2-1-3-6-14/h1-3,5-10,15-17H,4,11-12H2/t15-,16-,17-/m0/s1. The summed E-state index contributed by atoms with van der Waals surface area (Å²) in [6.45, 7) is 1.70. The lowest BCUT2D eigenvalue weighted by molar-refractivity contribution is -0.126. The molecule has 3 aliphatic heterocycles. The zero-order chi connectivity index (χ0) is 17.0. The molecular formula is C19H18N4O2. The number of hydrogen-bond donors (Lipinski definition) is 0. The number of imide groups is 1. The second-order valence-corrected chi connectivity index (χ2v) is 6.72. The molecule has 3 saturated heterocycles. The predicted octanol–water partition coefficient (Wildman–Crippen LogP) is 1.62. The van der Waals surface area contributed by atoms with Gasteiger partial charge in [0.1, 0.15) is 6.04 Å². The van der Waals surface area contributed by atoms with Crippen LogP contribution in [0.3, 0.4) is 0 Å². The van der Waals surface area contributed by atoms with Crippen molar-refractivity contribution in [3.05, 3.63) is 60.4 Å². The molecule has 5 rings (SSSR count). The molecule has 0 spiro atoms. The first-order chi connectivity index (χ1) is 12.3. The van der Waals surface area contributed by atoms with Gasteiger partial charge in [-0.2, -0.15) is 0 Å². The molecule has 6 heteroatoms. The number of rotatable bonds is 2. The second-order valence-electron chi connectivity index (χ2n) is 6.72. The SMILES string of the molecule is O=C1[C@@H]2[C@@H](C(=O)N1c1ccccc1)N1CCCN1[C@H]2c1ccncc1. The molecule has 0 saturated carbocycles. The number of aromatic nitrogens is 1. The van der Waals surface area contributed by atoms with Crippen LogP contribution in [0.25, 0.3) is 0 Å². The molecule has 25 heavy (non-hydrogen) atoms. The van der Waals surface area contributed by atoms with E-state index in [9.17, 15) is 9.59 Å². The van der Waals surface area contributed by atoms with Crippen molar-refractivity contribution in [1.82, 2.24) is 15.0 Å². The lowest BCUT2D eigenvalue weighted by Crippen LogP contribution is -2.44. The van der Waals surface area contributed by atoms with Crippen molar-refractivity contribution < 1.29 is 9.59 Å². The maximum atomic E-state index is 13.2. The minimum Gasteiger partial charge on any atom is -0.274 e. The molecule has 0 unspecified atom stereocenters. The number of hydrazine groups is 1. The normalized spacial score (nSPS) is 29.3. The van der Waals surface area contributed by atoms with Crippen molar-refractivity contribution >= 4 is 17.5 Å². The molecule has 0 aliphatic carbocycles. The number of fused-ring (bicyclic) bond motifs is 3. The van der Waals surface area contributed by atoms with Gasteiger partial charge in [-0.25, -0.2) is 14.9 Å². The van der Waals surface area contributed by atoms with Gasteiger partial charge in [-0.3, -0.25) is 14.6 Å². The minimum absolute atomic E-state index is 0.0966. The number of benzene rings is 1. The van der Waals surface area contributed by atoms with Crippen LogP contribution in [0.4, 0.5) is 5.69 Å². The van der Waals surface area contributed by atoms with Gasteiger partial charge in [-0.15, -0.1) is 0 Å². The van der Waals surface area contributed by atoms with Gasteiger partial charge in [0.15, 0.2) is 0 Å². The van der Waals surface area contributed by atoms with Gasteiger partial charge in [0.05, 0.1) is 17.6 Å². The zero-order valence-corrected chi connectivity index (χ0v) is 13.7. The number of nitrogens with zero attached hydrogens (tertiary/aromatic N) is 4. The van der Waals surface area contributed by atoms with Crippen molar-refractivity contribution in [2.45, 2.75) is 18.5 Å². The summed E-state index contributed by atoms with van der Waals surface area (Å²) in [4.78, 5) is 31.9. The Kier molecular flexibility index (Phi) is 3.23. The molecule has 4 heterocycles. The first kappa shape index (κ1) is 14.7. The number of para-hydroxylation sites is 1. The Hall–Kier alpha value is -2.57. The van der Waals surface area contributed by atoms with Crippen LogP contribution in [0, 0.1) is 5.92 Å². The number of pyridine rings is 1. The fourth-order valence-electron chi connectivity index (χ4n) is 4.51. The molecule has 0 radical (unpaired) electrons. The fraction of sp³-hybridized carbons (Fsp3) is 0.316. The average Bonchev–Trinajstić information content (AvgIpc) is 3.29. The first-order valence-electron chi connectivity index (χ1n) is 8.63. The largest absolute Gasteiger partial charge is 0.274 e. The van der Waals surface area contributed by atoms with Crippen LogP contribution in [0.1, 0.15) is 18.0 Å². The summed E-state index contributed by atoms with van der Waals surface area (Å²) in [5.41, 5.74) is 1.71. The molecule has 3 fully saturated rings. The van der Waals surface area contributed by atoms with Crippen molar-refractivity contribution in [2.24, 2.45) is 5.92 Å². The van der Waals surface area contributed by atoms with Crippen molar-refractivity contribution in [3.63, 3.8) is 0 Å². The van der Waals surface area contributed by atoms with E-state index in [1.807, 2.05) is 42.5 Å². The highest BCUT2D eigenvalue weighted by molar-refractivity contribution is 6.24. The fourth-order valence-corrected chi connectivity index (χ4v) is 4.51. The third-order valence-electron chi connectivity index (χ3n) is 5.47. The lowest BCUT2D eigenvalue weighted by Gasteiger charge is -2.29. The summed E-state index contributed by atoms with van der Waals surface area (Å²) >= 11 is 0. The highest BCUT2D eigenvalue weighted by Crippen LogP contribution is 2.48. The van der Waals surface area contributed by atoms with Crippen LogP contribution in [0.2, 0.25) is 0 Å². The number of carbonyl (C=O) groups excluding carboxylic acids is 2. The Bertz CT molecular complexity index is 826. The van der Waals surface area contributed by atoms with E-state index in [0.717, 1.165) is 25.1 Å². The highest BCUT2D eigenvalue weighted by atomic mass is 16.2. The Balaban J connectivity index is 1.60. The first-order valence-corrected chi connectivity index (χ1v) is 8.63. The van der Waals surface area contributed by atoms with E-state index in [0.29, 0.717) is 5.69 Å². The topological polar surface area (TPSA) is 56.8 Å². The van der Waals surface area contributed by atoms with E-state index in [1.54, 1.807) is 12.4 Å². The summed E-state index contributed by atoms with van der Waals surface area (Å²) < 4.78 is 0. The van der Waals surface area contributed by atoms with Gasteiger partial charge in [0, 0.05) is 25.5 Å². The molecule has 126 valence electrons. The van der Waals surface area contributed by atoms with Gasteiger partial charge in [-0.05, 0) is 36.2 Å². The van der Waals surface area contributed by atoms with E-state index < -0.39 is 6.04 Å². The maximum Gasteiger partial charge on any atom is 0.253 e. The number of anilines is 1. The van der Waals surface area contributed by atoms with Crippen molar-refractivity contribution in [3.8, 4) is 0 Å². The zero-order valence-electron chi connectivity index (χ0n) is 13.7. The van der Waals surface area contributed by atoms with Crippen LogP contribution < -0.4 is 4.90 Å². The molecule has 1 aromatic heterocycles. The van der Waals surface area contributed by atoms with Crippen molar-refractivity contribution in [1.29, 1.82) is 0 Å². The second kappa shape index (κ2) is 5.47. The predicted molar refractivity (Wildman–Crippen MR) is 91.2 cm³/mol. The van der Waals surface area contributed by atoms with Crippen molar-refractivity contribution in [2.75, 3.05) is 18.0 Å². The van der Waals surface area contributed by atoms with Crippen LogP contribution in [-0.2, 0) is 9.59 Å². The summed E-state index contributed by atoms with van der Waals surface area (Å²) in [6.07, 6.45) is 4.51. The summed E-state index contributed by atoms with van der Waals surface area (Å²) in [7, 11) is 0. The summed E-state index contributed by atoms with van der Waals surface area (Å²) in [5.74, 6) is -0.572. The molecule has 2 amide bonds. The van der Waals surface area contributed by atoms with Crippen LogP contribution >= 0.6 is 0 Å². The third kappa shape index (κ3) is 2.01. The number of amides is 2. The molecule has 0 bridgehead atoms. The van der Waals surface area contributed by atoms with E-state index in [-0.39, 0.29) is 23.8 Å². The molecule has 3 aliphatic rings. The minimum atomic E-state index is -0.395. The van der Waals surface area contributed by atoms with Gasteiger partial charge < -0.3 is 0 Å². The summed E-state index contributed by atoms with van der Waals surface area (Å²) in [6, 6.07) is 12.6. The average molecular weight is 334 g/mol. The Morgan fingerprint density at radius 1 is 0.840 bits per heavy atom. The Morgan fingerprint density at radius 3 is 2.24 bits per heavy atom. The van der Waals surface area contributed by atoms with Gasteiger partial charge in [-0.1, -0.05) is 18.2 Å². The van der Waals surface area contributed by atoms with E-state index >= 15 is 0 Å². The number of hydrogen-bond acceptors (Lipinski definition) is 5. The Morgan fingerprint density at radius 2 is 1.52 bits per heavy atom. The molecule has 0 N–H and O–H groups in total. The van der Waals surface area contributed by atoms with Crippen LogP contribution in [0.15, 0.2) is 54.9 Å². The third-order valence-corrected chi connectivity index (χ3v) is 5.47. The van der Waals surface area contributed by atoms with E-state index in [4.69, 9.17) is 0 Å². The highest BCUT2D eigenvalue weighted by Gasteiger charge is 2.62. The monoisotopic (exact) mass is 334 g/mol. The Labute approximate surface area is 145 Å². The van der Waals surface area contributed by atoms with E-state index in [2.05, 4.69) is 15.0 Å². The number of carbonyl (C=O) groups is 2. The summed E-state index contributed by atoms with van der Waals surface area (Å²) in [5, 5.41) is 4.32. The maximum absolute atomic E-state index is 13.2. The molecular weight excluding hydrogens is 316 g/mol. The van der Waals surface area contributed by atoms with Crippen LogP contribution in [0.5, 0.6) is 0 Å². The molecule has 3 atom stereocenters. The van der Waals surface area contributed by atoms with Crippen LogP contribution in [-0.4, -0.2) is 45.9 Å². The van der Waals surface area contributed by atoms with Gasteiger partial charge >= 0.3 is 0 Å². The van der Waals surface area contributed by atoms with Gasteiger partial charge in [0.2, 0.25) is 5.91 Å². The van der Waals surface area contributed by atoms with Gasteiger partial charge in [0.25, 0.3) is 5.91 Å². The molecule has 1 aromatic carbocycles.